The van der Waals surface area contributed by atoms with Gasteiger partial charge in [-0.05, 0) is 32.1 Å². The molecule has 2 fully saturated rings. The second-order valence-electron chi connectivity index (χ2n) is 7.11. The van der Waals surface area contributed by atoms with Crippen molar-refractivity contribution in [1.29, 1.82) is 0 Å². The number of fused-ring (bicyclic) bond motifs is 2. The van der Waals surface area contributed by atoms with E-state index in [1.54, 1.807) is 0 Å². The van der Waals surface area contributed by atoms with Crippen LogP contribution in [-0.2, 0) is 14.3 Å². The lowest BCUT2D eigenvalue weighted by Crippen LogP contribution is -2.53. The highest BCUT2D eigenvalue weighted by atomic mass is 16.6. The van der Waals surface area contributed by atoms with Crippen molar-refractivity contribution in [1.82, 2.24) is 5.32 Å². The fraction of sp³-hybridized carbons (Fsp3) is 0.867. The molecule has 2 bridgehead atoms. The van der Waals surface area contributed by atoms with Gasteiger partial charge in [0.15, 0.2) is 5.60 Å². The molecule has 2 aliphatic rings. The molecular weight excluding hydrogens is 242 g/mol. The quantitative estimate of drug-likeness (QED) is 0.795. The third-order valence-corrected chi connectivity index (χ3v) is 5.46. The smallest absolute Gasteiger partial charge is 0.313 e. The summed E-state index contributed by atoms with van der Waals surface area (Å²) in [5.41, 5.74) is -1.93. The van der Waals surface area contributed by atoms with Crippen molar-refractivity contribution in [3.05, 3.63) is 0 Å². The van der Waals surface area contributed by atoms with Crippen LogP contribution in [0, 0.1) is 16.7 Å². The Morgan fingerprint density at radius 3 is 2.37 bits per heavy atom. The van der Waals surface area contributed by atoms with Crippen LogP contribution >= 0.6 is 0 Å². The number of esters is 1. The lowest BCUT2D eigenvalue weighted by atomic mass is 9.66. The molecule has 2 rings (SSSR count). The first-order chi connectivity index (χ1) is 8.67. The minimum atomic E-state index is -0.962. The number of hydrogen-bond donors (Lipinski definition) is 1. The van der Waals surface area contributed by atoms with E-state index in [9.17, 15) is 9.59 Å². The molecule has 19 heavy (non-hydrogen) atoms. The zero-order valence-corrected chi connectivity index (χ0v) is 12.6. The normalized spacial score (nSPS) is 35.6. The van der Waals surface area contributed by atoms with Gasteiger partial charge in [-0.1, -0.05) is 27.7 Å². The SMILES string of the molecule is CC(C)CCNC(=O)C12CCC(C)(C(=O)O1)C2(C)C. The zero-order valence-electron chi connectivity index (χ0n) is 12.6. The van der Waals surface area contributed by atoms with E-state index in [2.05, 4.69) is 19.2 Å². The van der Waals surface area contributed by atoms with E-state index >= 15 is 0 Å². The highest BCUT2D eigenvalue weighted by molar-refractivity contribution is 5.96. The van der Waals surface area contributed by atoms with Gasteiger partial charge in [0.1, 0.15) is 0 Å². The predicted molar refractivity (Wildman–Crippen MR) is 72.4 cm³/mol. The average molecular weight is 267 g/mol. The molecule has 2 unspecified atom stereocenters. The van der Waals surface area contributed by atoms with Crippen LogP contribution in [-0.4, -0.2) is 24.0 Å². The summed E-state index contributed by atoms with van der Waals surface area (Å²) in [5.74, 6) is 0.210. The molecule has 1 saturated heterocycles. The van der Waals surface area contributed by atoms with Gasteiger partial charge >= 0.3 is 5.97 Å². The third kappa shape index (κ3) is 1.72. The first kappa shape index (κ1) is 14.4. The molecule has 0 spiro atoms. The number of carbonyl (C=O) groups is 2. The van der Waals surface area contributed by atoms with Gasteiger partial charge in [-0.3, -0.25) is 9.59 Å². The molecule has 1 aliphatic heterocycles. The van der Waals surface area contributed by atoms with E-state index in [0.717, 1.165) is 12.8 Å². The molecule has 4 heteroatoms. The van der Waals surface area contributed by atoms with Crippen LogP contribution < -0.4 is 5.32 Å². The zero-order chi connectivity index (χ0) is 14.5. The van der Waals surface area contributed by atoms with Gasteiger partial charge in [0, 0.05) is 12.0 Å². The van der Waals surface area contributed by atoms with E-state index in [4.69, 9.17) is 4.74 Å². The van der Waals surface area contributed by atoms with Crippen LogP contribution in [0.15, 0.2) is 0 Å². The molecule has 0 aromatic heterocycles. The standard InChI is InChI=1S/C15H25NO3/c1-10(2)6-9-16-11(17)15-8-7-14(5,12(18)19-15)13(15,3)4/h10H,6-9H2,1-5H3,(H,16,17). The van der Waals surface area contributed by atoms with Gasteiger partial charge in [-0.15, -0.1) is 0 Å². The Labute approximate surface area is 115 Å². The second-order valence-corrected chi connectivity index (χ2v) is 7.11. The Bertz CT molecular complexity index is 416. The minimum absolute atomic E-state index is 0.118. The lowest BCUT2D eigenvalue weighted by molar-refractivity contribution is -0.168. The van der Waals surface area contributed by atoms with Crippen LogP contribution in [0.2, 0.25) is 0 Å². The number of nitrogens with one attached hydrogen (secondary N) is 1. The largest absolute Gasteiger partial charge is 0.448 e. The van der Waals surface area contributed by atoms with Crippen LogP contribution in [0.3, 0.4) is 0 Å². The molecule has 0 radical (unpaired) electrons. The van der Waals surface area contributed by atoms with Gasteiger partial charge in [0.25, 0.3) is 5.91 Å². The maximum absolute atomic E-state index is 12.5. The molecule has 4 nitrogen and oxygen atoms in total. The highest BCUT2D eigenvalue weighted by Gasteiger charge is 2.75. The number of amides is 1. The molecule has 1 N–H and O–H groups in total. The van der Waals surface area contributed by atoms with Gasteiger partial charge in [-0.25, -0.2) is 0 Å². The summed E-state index contributed by atoms with van der Waals surface area (Å²) in [5, 5.41) is 2.95. The van der Waals surface area contributed by atoms with Crippen molar-refractivity contribution in [2.24, 2.45) is 16.7 Å². The second kappa shape index (κ2) is 4.22. The Morgan fingerprint density at radius 2 is 1.95 bits per heavy atom. The monoisotopic (exact) mass is 267 g/mol. The van der Waals surface area contributed by atoms with Crippen LogP contribution in [0.25, 0.3) is 0 Å². The fourth-order valence-electron chi connectivity index (χ4n) is 3.36. The first-order valence-corrected chi connectivity index (χ1v) is 7.19. The lowest BCUT2D eigenvalue weighted by Gasteiger charge is -2.35. The summed E-state index contributed by atoms with van der Waals surface area (Å²) in [6.45, 7) is 10.8. The molecule has 0 aromatic carbocycles. The van der Waals surface area contributed by atoms with Crippen molar-refractivity contribution in [2.75, 3.05) is 6.54 Å². The predicted octanol–water partition coefficient (Wildman–Crippen LogP) is 2.27. The Morgan fingerprint density at radius 1 is 1.32 bits per heavy atom. The van der Waals surface area contributed by atoms with Gasteiger partial charge in [-0.2, -0.15) is 0 Å². The van der Waals surface area contributed by atoms with Crippen LogP contribution in [0.5, 0.6) is 0 Å². The molecule has 0 aromatic rings. The van der Waals surface area contributed by atoms with Crippen molar-refractivity contribution in [3.8, 4) is 0 Å². The number of rotatable bonds is 4. The minimum Gasteiger partial charge on any atom is -0.448 e. The first-order valence-electron chi connectivity index (χ1n) is 7.19. The third-order valence-electron chi connectivity index (χ3n) is 5.46. The van der Waals surface area contributed by atoms with Crippen LogP contribution in [0.4, 0.5) is 0 Å². The van der Waals surface area contributed by atoms with E-state index < -0.39 is 16.4 Å². The molecule has 1 amide bonds. The van der Waals surface area contributed by atoms with Crippen molar-refractivity contribution >= 4 is 11.9 Å². The van der Waals surface area contributed by atoms with Crippen molar-refractivity contribution < 1.29 is 14.3 Å². The van der Waals surface area contributed by atoms with Crippen molar-refractivity contribution in [3.63, 3.8) is 0 Å². The number of ether oxygens (including phenoxy) is 1. The summed E-state index contributed by atoms with van der Waals surface area (Å²) >= 11 is 0. The van der Waals surface area contributed by atoms with Gasteiger partial charge in [0.05, 0.1) is 5.41 Å². The van der Waals surface area contributed by atoms with Gasteiger partial charge < -0.3 is 10.1 Å². The summed E-state index contributed by atoms with van der Waals surface area (Å²) in [6, 6.07) is 0. The molecular formula is C15H25NO3. The summed E-state index contributed by atoms with van der Waals surface area (Å²) in [6.07, 6.45) is 2.31. The number of carbonyl (C=O) groups excluding carboxylic acids is 2. The van der Waals surface area contributed by atoms with E-state index in [-0.39, 0.29) is 11.9 Å². The Hall–Kier alpha value is -1.06. The maximum Gasteiger partial charge on any atom is 0.313 e. The van der Waals surface area contributed by atoms with E-state index in [1.165, 1.54) is 0 Å². The molecule has 1 heterocycles. The molecule has 2 atom stereocenters. The number of hydrogen-bond acceptors (Lipinski definition) is 3. The van der Waals surface area contributed by atoms with Crippen LogP contribution in [0.1, 0.15) is 53.9 Å². The Balaban J connectivity index is 2.15. The summed E-state index contributed by atoms with van der Waals surface area (Å²) in [7, 11) is 0. The Kier molecular flexibility index (Phi) is 3.19. The molecule has 1 aliphatic carbocycles. The fourth-order valence-corrected chi connectivity index (χ4v) is 3.36. The van der Waals surface area contributed by atoms with E-state index in [0.29, 0.717) is 18.9 Å². The average Bonchev–Trinajstić information content (AvgIpc) is 2.58. The van der Waals surface area contributed by atoms with Gasteiger partial charge in [0.2, 0.25) is 0 Å². The molecule has 108 valence electrons. The maximum atomic E-state index is 12.5. The van der Waals surface area contributed by atoms with E-state index in [1.807, 2.05) is 20.8 Å². The summed E-state index contributed by atoms with van der Waals surface area (Å²) < 4.78 is 5.53. The summed E-state index contributed by atoms with van der Waals surface area (Å²) in [4.78, 5) is 24.6. The molecule has 1 saturated carbocycles. The topological polar surface area (TPSA) is 55.4 Å². The van der Waals surface area contributed by atoms with Crippen molar-refractivity contribution in [2.45, 2.75) is 59.5 Å². The highest BCUT2D eigenvalue weighted by Crippen LogP contribution is 2.65.